The molecule has 0 saturated heterocycles. The number of rotatable bonds is 4. The van der Waals surface area contributed by atoms with Gasteiger partial charge < -0.3 is 0 Å². The minimum absolute atomic E-state index is 0.0873. The molecule has 0 aromatic rings. The maximum Gasteiger partial charge on any atom is 0.140 e. The first-order valence-corrected chi connectivity index (χ1v) is 7.28. The Bertz CT molecular complexity index is 356. The maximum atomic E-state index is 12.8. The Labute approximate surface area is 111 Å². The van der Waals surface area contributed by atoms with Gasteiger partial charge in [0.25, 0.3) is 0 Å². The molecule has 0 heterocycles. The van der Waals surface area contributed by atoms with Crippen LogP contribution in [0.15, 0.2) is 24.3 Å². The zero-order valence-corrected chi connectivity index (χ0v) is 12.2. The highest BCUT2D eigenvalue weighted by Gasteiger charge is 2.42. The van der Waals surface area contributed by atoms with E-state index in [1.165, 1.54) is 0 Å². The highest BCUT2D eigenvalue weighted by molar-refractivity contribution is 5.85. The summed E-state index contributed by atoms with van der Waals surface area (Å²) in [5.41, 5.74) is 0.175. The van der Waals surface area contributed by atoms with Gasteiger partial charge in [0.2, 0.25) is 0 Å². The van der Waals surface area contributed by atoms with Gasteiger partial charge in [0.05, 0.1) is 0 Å². The van der Waals surface area contributed by atoms with E-state index in [-0.39, 0.29) is 22.7 Å². The van der Waals surface area contributed by atoms with Crippen molar-refractivity contribution in [2.24, 2.45) is 22.7 Å². The van der Waals surface area contributed by atoms with Crippen LogP contribution in [0.3, 0.4) is 0 Å². The van der Waals surface area contributed by atoms with E-state index < -0.39 is 0 Å². The number of hydrogen-bond acceptors (Lipinski definition) is 1. The van der Waals surface area contributed by atoms with E-state index >= 15 is 0 Å². The summed E-state index contributed by atoms with van der Waals surface area (Å²) in [6, 6.07) is 0. The molecule has 4 atom stereocenters. The van der Waals surface area contributed by atoms with Gasteiger partial charge in [0.1, 0.15) is 5.78 Å². The third-order valence-corrected chi connectivity index (χ3v) is 5.53. The van der Waals surface area contributed by atoms with E-state index in [2.05, 4.69) is 52.0 Å². The van der Waals surface area contributed by atoms with Gasteiger partial charge >= 0.3 is 0 Å². The molecule has 0 aromatic heterocycles. The van der Waals surface area contributed by atoms with Gasteiger partial charge in [-0.25, -0.2) is 0 Å². The molecule has 0 spiro atoms. The number of carbonyl (C=O) groups is 1. The van der Waals surface area contributed by atoms with Crippen LogP contribution in [0.4, 0.5) is 0 Å². The summed E-state index contributed by atoms with van der Waals surface area (Å²) in [6.45, 7) is 8.71. The molecule has 0 amide bonds. The smallest absolute Gasteiger partial charge is 0.140 e. The summed E-state index contributed by atoms with van der Waals surface area (Å²) in [6.07, 6.45) is 13.5. The molecule has 0 aromatic carbocycles. The molecule has 100 valence electrons. The molecule has 2 aliphatic rings. The lowest BCUT2D eigenvalue weighted by molar-refractivity contribution is -0.131. The average molecular weight is 246 g/mol. The lowest BCUT2D eigenvalue weighted by atomic mass is 9.67. The van der Waals surface area contributed by atoms with Gasteiger partial charge in [-0.3, -0.25) is 4.79 Å². The molecule has 0 bridgehead atoms. The molecule has 4 unspecified atom stereocenters. The molecule has 0 saturated carbocycles. The van der Waals surface area contributed by atoms with Gasteiger partial charge in [0, 0.05) is 11.8 Å². The van der Waals surface area contributed by atoms with Crippen LogP contribution in [0.5, 0.6) is 0 Å². The molecule has 0 aliphatic heterocycles. The Hall–Kier alpha value is -0.850. The molecular formula is C17H26O. The van der Waals surface area contributed by atoms with E-state index in [9.17, 15) is 4.79 Å². The zero-order chi connectivity index (χ0) is 13.4. The standard InChI is InChI=1S/C17H26O/c1-13(16(3)9-5-6-10-16)15(18)14(2)17(4)11-7-8-12-17/h5,7,9,11,13-14H,6,8,10,12H2,1-4H3. The highest BCUT2D eigenvalue weighted by atomic mass is 16.1. The van der Waals surface area contributed by atoms with Gasteiger partial charge in [-0.1, -0.05) is 52.0 Å². The summed E-state index contributed by atoms with van der Waals surface area (Å²) >= 11 is 0. The number of allylic oxidation sites excluding steroid dienone is 4. The number of ketones is 1. The van der Waals surface area contributed by atoms with Crippen LogP contribution in [0.25, 0.3) is 0 Å². The van der Waals surface area contributed by atoms with E-state index in [1.807, 2.05) is 0 Å². The number of hydrogen-bond donors (Lipinski definition) is 0. The second kappa shape index (κ2) is 4.68. The summed E-state index contributed by atoms with van der Waals surface area (Å²) in [5.74, 6) is 0.715. The van der Waals surface area contributed by atoms with Crippen molar-refractivity contribution in [2.45, 2.75) is 53.4 Å². The quantitative estimate of drug-likeness (QED) is 0.666. The lowest BCUT2D eigenvalue weighted by Gasteiger charge is -2.36. The SMILES string of the molecule is CC(C(=O)C(C)C1(C)C=CCC1)C1(C)C=CCC1. The summed E-state index contributed by atoms with van der Waals surface area (Å²) in [5, 5.41) is 0. The minimum Gasteiger partial charge on any atom is -0.299 e. The Morgan fingerprint density at radius 3 is 1.61 bits per heavy atom. The van der Waals surface area contributed by atoms with Crippen LogP contribution >= 0.6 is 0 Å². The van der Waals surface area contributed by atoms with Crippen LogP contribution in [0.1, 0.15) is 53.4 Å². The predicted molar refractivity (Wildman–Crippen MR) is 76.3 cm³/mol. The molecule has 1 nitrogen and oxygen atoms in total. The molecule has 1 heteroatoms. The van der Waals surface area contributed by atoms with Crippen LogP contribution in [0.2, 0.25) is 0 Å². The van der Waals surface area contributed by atoms with Gasteiger partial charge in [-0.15, -0.1) is 0 Å². The molecule has 2 rings (SSSR count). The van der Waals surface area contributed by atoms with Gasteiger partial charge in [0.15, 0.2) is 0 Å². The van der Waals surface area contributed by atoms with Crippen LogP contribution < -0.4 is 0 Å². The Balaban J connectivity index is 2.11. The third kappa shape index (κ3) is 2.20. The second-order valence-corrected chi connectivity index (χ2v) is 6.74. The van der Waals surface area contributed by atoms with Crippen molar-refractivity contribution >= 4 is 5.78 Å². The van der Waals surface area contributed by atoms with E-state index in [0.29, 0.717) is 5.78 Å². The van der Waals surface area contributed by atoms with Crippen molar-refractivity contribution in [2.75, 3.05) is 0 Å². The second-order valence-electron chi connectivity index (χ2n) is 6.74. The normalized spacial score (nSPS) is 38.0. The first-order valence-electron chi connectivity index (χ1n) is 7.28. The Kier molecular flexibility index (Phi) is 3.53. The van der Waals surface area contributed by atoms with E-state index in [1.54, 1.807) is 0 Å². The van der Waals surface area contributed by atoms with Crippen LogP contribution in [-0.2, 0) is 4.79 Å². The van der Waals surface area contributed by atoms with Crippen molar-refractivity contribution in [3.8, 4) is 0 Å². The molecule has 0 N–H and O–H groups in total. The van der Waals surface area contributed by atoms with E-state index in [4.69, 9.17) is 0 Å². The summed E-state index contributed by atoms with van der Waals surface area (Å²) in [4.78, 5) is 12.8. The predicted octanol–water partition coefficient (Wildman–Crippen LogP) is 4.54. The third-order valence-electron chi connectivity index (χ3n) is 5.53. The Morgan fingerprint density at radius 2 is 1.33 bits per heavy atom. The first kappa shape index (κ1) is 13.6. The Morgan fingerprint density at radius 1 is 0.944 bits per heavy atom. The summed E-state index contributed by atoms with van der Waals surface area (Å²) in [7, 11) is 0. The fourth-order valence-electron chi connectivity index (χ4n) is 3.41. The van der Waals surface area contributed by atoms with Gasteiger partial charge in [-0.05, 0) is 36.5 Å². The fourth-order valence-corrected chi connectivity index (χ4v) is 3.41. The molecule has 2 aliphatic carbocycles. The van der Waals surface area contributed by atoms with Crippen LogP contribution in [0, 0.1) is 22.7 Å². The average Bonchev–Trinajstić information content (AvgIpc) is 2.97. The molecular weight excluding hydrogens is 220 g/mol. The molecule has 18 heavy (non-hydrogen) atoms. The van der Waals surface area contributed by atoms with Crippen molar-refractivity contribution in [3.05, 3.63) is 24.3 Å². The fraction of sp³-hybridized carbons (Fsp3) is 0.706. The first-order chi connectivity index (χ1) is 8.39. The topological polar surface area (TPSA) is 17.1 Å². The van der Waals surface area contributed by atoms with Crippen molar-refractivity contribution < 1.29 is 4.79 Å². The highest BCUT2D eigenvalue weighted by Crippen LogP contribution is 2.45. The van der Waals surface area contributed by atoms with Crippen molar-refractivity contribution in [1.82, 2.24) is 0 Å². The minimum atomic E-state index is 0.0873. The van der Waals surface area contributed by atoms with Crippen LogP contribution in [-0.4, -0.2) is 5.78 Å². The number of carbonyl (C=O) groups excluding carboxylic acids is 1. The zero-order valence-electron chi connectivity index (χ0n) is 12.2. The molecule has 0 fully saturated rings. The van der Waals surface area contributed by atoms with Crippen molar-refractivity contribution in [1.29, 1.82) is 0 Å². The van der Waals surface area contributed by atoms with Crippen molar-refractivity contribution in [3.63, 3.8) is 0 Å². The number of Topliss-reactive ketones (excluding diaryl/α,β-unsaturated/α-hetero) is 1. The van der Waals surface area contributed by atoms with E-state index in [0.717, 1.165) is 25.7 Å². The monoisotopic (exact) mass is 246 g/mol. The maximum absolute atomic E-state index is 12.8. The summed E-state index contributed by atoms with van der Waals surface area (Å²) < 4.78 is 0. The lowest BCUT2D eigenvalue weighted by Crippen LogP contribution is -2.37. The van der Waals surface area contributed by atoms with Gasteiger partial charge in [-0.2, -0.15) is 0 Å². The largest absolute Gasteiger partial charge is 0.299 e. The molecule has 0 radical (unpaired) electrons.